The molecule has 2 aromatic carbocycles. The summed E-state index contributed by atoms with van der Waals surface area (Å²) in [5.74, 6) is -0.115. The van der Waals surface area contributed by atoms with Crippen molar-refractivity contribution in [3.05, 3.63) is 59.2 Å². The number of nitrogens with one attached hydrogen (secondary N) is 1. The maximum Gasteiger partial charge on any atom is 0.418 e. The van der Waals surface area contributed by atoms with Crippen molar-refractivity contribution in [1.82, 2.24) is 0 Å². The average molecular weight is 339 g/mol. The molecule has 4 nitrogen and oxygen atoms in total. The molecule has 2 rings (SSSR count). The zero-order valence-corrected chi connectivity index (χ0v) is 13.1. The van der Waals surface area contributed by atoms with Gasteiger partial charge in [-0.05, 0) is 30.3 Å². The summed E-state index contributed by atoms with van der Waals surface area (Å²) < 4.78 is 49.1. The number of methoxy groups -OCH3 is 2. The highest BCUT2D eigenvalue weighted by Gasteiger charge is 2.33. The molecule has 0 atom stereocenters. The van der Waals surface area contributed by atoms with Crippen molar-refractivity contribution < 1.29 is 27.4 Å². The summed E-state index contributed by atoms with van der Waals surface area (Å²) >= 11 is 0. The van der Waals surface area contributed by atoms with Crippen LogP contribution in [0.15, 0.2) is 42.5 Å². The first-order valence-corrected chi connectivity index (χ1v) is 7.00. The molecule has 1 N–H and O–H groups in total. The smallest absolute Gasteiger partial charge is 0.418 e. The van der Waals surface area contributed by atoms with Gasteiger partial charge in [-0.3, -0.25) is 4.79 Å². The van der Waals surface area contributed by atoms with Crippen molar-refractivity contribution >= 4 is 11.6 Å². The molecule has 24 heavy (non-hydrogen) atoms. The Hall–Kier alpha value is -2.54. The number of halogens is 3. The average Bonchev–Trinajstić information content (AvgIpc) is 2.54. The number of ether oxygens (including phenoxy) is 2. The van der Waals surface area contributed by atoms with Crippen LogP contribution in [0.25, 0.3) is 0 Å². The van der Waals surface area contributed by atoms with E-state index >= 15 is 0 Å². The Morgan fingerprint density at radius 1 is 1.12 bits per heavy atom. The van der Waals surface area contributed by atoms with E-state index in [1.807, 2.05) is 0 Å². The van der Waals surface area contributed by atoms with Gasteiger partial charge in [-0.1, -0.05) is 12.1 Å². The zero-order valence-electron chi connectivity index (χ0n) is 13.1. The van der Waals surface area contributed by atoms with Crippen LogP contribution in [0.4, 0.5) is 18.9 Å². The van der Waals surface area contributed by atoms with Gasteiger partial charge in [0.05, 0.1) is 25.0 Å². The Kier molecular flexibility index (Phi) is 5.46. The zero-order chi connectivity index (χ0) is 17.7. The molecule has 0 aromatic heterocycles. The lowest BCUT2D eigenvalue weighted by Gasteiger charge is -2.14. The number of hydrogen-bond donors (Lipinski definition) is 1. The third kappa shape index (κ3) is 4.05. The van der Waals surface area contributed by atoms with Crippen molar-refractivity contribution in [3.8, 4) is 5.75 Å². The highest BCUT2D eigenvalue weighted by Crippen LogP contribution is 2.34. The lowest BCUT2D eigenvalue weighted by atomic mass is 10.1. The minimum Gasteiger partial charge on any atom is -0.496 e. The second kappa shape index (κ2) is 7.35. The van der Waals surface area contributed by atoms with Crippen LogP contribution in [-0.2, 0) is 17.5 Å². The monoisotopic (exact) mass is 339 g/mol. The molecular weight excluding hydrogens is 323 g/mol. The third-order valence-electron chi connectivity index (χ3n) is 3.32. The standard InChI is InChI=1S/C17H16F3NO3/c1-23-10-12-9-11(7-8-15(12)24-2)16(22)21-14-6-4-3-5-13(14)17(18,19)20/h3-9H,10H2,1-2H3,(H,21,22). The largest absolute Gasteiger partial charge is 0.496 e. The van der Waals surface area contributed by atoms with Gasteiger partial charge in [0.2, 0.25) is 0 Å². The molecule has 1 amide bonds. The van der Waals surface area contributed by atoms with Crippen molar-refractivity contribution in [3.63, 3.8) is 0 Å². The van der Waals surface area contributed by atoms with E-state index in [4.69, 9.17) is 9.47 Å². The van der Waals surface area contributed by atoms with Crippen LogP contribution in [-0.4, -0.2) is 20.1 Å². The predicted octanol–water partition coefficient (Wildman–Crippen LogP) is 4.11. The van der Waals surface area contributed by atoms with E-state index in [1.165, 1.54) is 44.6 Å². The number of rotatable bonds is 5. The maximum absolute atomic E-state index is 13.0. The van der Waals surface area contributed by atoms with Crippen LogP contribution in [0.1, 0.15) is 21.5 Å². The van der Waals surface area contributed by atoms with Gasteiger partial charge < -0.3 is 14.8 Å². The Morgan fingerprint density at radius 3 is 2.46 bits per heavy atom. The minimum absolute atomic E-state index is 0.208. The van der Waals surface area contributed by atoms with E-state index in [0.717, 1.165) is 6.07 Å². The molecular formula is C17H16F3NO3. The van der Waals surface area contributed by atoms with Crippen LogP contribution in [0.5, 0.6) is 5.75 Å². The summed E-state index contributed by atoms with van der Waals surface area (Å²) in [5, 5.41) is 2.30. The van der Waals surface area contributed by atoms with Gasteiger partial charge in [-0.25, -0.2) is 0 Å². The van der Waals surface area contributed by atoms with Gasteiger partial charge in [-0.15, -0.1) is 0 Å². The van der Waals surface area contributed by atoms with Gasteiger partial charge in [0, 0.05) is 18.2 Å². The molecule has 0 saturated heterocycles. The van der Waals surface area contributed by atoms with Crippen molar-refractivity contribution in [2.75, 3.05) is 19.5 Å². The van der Waals surface area contributed by atoms with Crippen LogP contribution < -0.4 is 10.1 Å². The second-order valence-corrected chi connectivity index (χ2v) is 4.96. The Morgan fingerprint density at radius 2 is 1.83 bits per heavy atom. The number of anilines is 1. The van der Waals surface area contributed by atoms with Crippen LogP contribution >= 0.6 is 0 Å². The fraction of sp³-hybridized carbons (Fsp3) is 0.235. The lowest BCUT2D eigenvalue weighted by molar-refractivity contribution is -0.136. The molecule has 0 heterocycles. The molecule has 0 spiro atoms. The fourth-order valence-electron chi connectivity index (χ4n) is 2.22. The predicted molar refractivity (Wildman–Crippen MR) is 83.1 cm³/mol. The van der Waals surface area contributed by atoms with Gasteiger partial charge in [-0.2, -0.15) is 13.2 Å². The van der Waals surface area contributed by atoms with E-state index in [-0.39, 0.29) is 17.9 Å². The first-order chi connectivity index (χ1) is 11.4. The van der Waals surface area contributed by atoms with Gasteiger partial charge in [0.1, 0.15) is 5.75 Å². The Labute approximate surface area is 137 Å². The number of hydrogen-bond acceptors (Lipinski definition) is 3. The lowest BCUT2D eigenvalue weighted by Crippen LogP contribution is -2.17. The summed E-state index contributed by atoms with van der Waals surface area (Å²) in [6.45, 7) is 0.212. The SMILES string of the molecule is COCc1cc(C(=O)Nc2ccccc2C(F)(F)F)ccc1OC. The van der Waals surface area contributed by atoms with E-state index in [9.17, 15) is 18.0 Å². The highest BCUT2D eigenvalue weighted by atomic mass is 19.4. The number of para-hydroxylation sites is 1. The molecule has 0 aliphatic rings. The molecule has 128 valence electrons. The van der Waals surface area contributed by atoms with E-state index < -0.39 is 17.6 Å². The van der Waals surface area contributed by atoms with Gasteiger partial charge >= 0.3 is 6.18 Å². The molecule has 2 aromatic rings. The van der Waals surface area contributed by atoms with Crippen molar-refractivity contribution in [2.45, 2.75) is 12.8 Å². The normalized spacial score (nSPS) is 11.2. The Bertz CT molecular complexity index is 729. The van der Waals surface area contributed by atoms with Gasteiger partial charge in [0.25, 0.3) is 5.91 Å². The Balaban J connectivity index is 2.30. The maximum atomic E-state index is 13.0. The molecule has 0 unspecified atom stereocenters. The van der Waals surface area contributed by atoms with Crippen LogP contribution in [0.3, 0.4) is 0 Å². The summed E-state index contributed by atoms with van der Waals surface area (Å²) in [6, 6.07) is 9.38. The van der Waals surface area contributed by atoms with Crippen LogP contribution in [0.2, 0.25) is 0 Å². The molecule has 7 heteroatoms. The quantitative estimate of drug-likeness (QED) is 0.892. The summed E-state index contributed by atoms with van der Waals surface area (Å²) in [7, 11) is 2.97. The topological polar surface area (TPSA) is 47.6 Å². The van der Waals surface area contributed by atoms with Gasteiger partial charge in [0.15, 0.2) is 0 Å². The van der Waals surface area contributed by atoms with Crippen molar-refractivity contribution in [1.29, 1.82) is 0 Å². The number of alkyl halides is 3. The van der Waals surface area contributed by atoms with E-state index in [1.54, 1.807) is 6.07 Å². The first kappa shape index (κ1) is 17.8. The molecule has 0 saturated carbocycles. The molecule has 0 fully saturated rings. The van der Waals surface area contributed by atoms with Crippen molar-refractivity contribution in [2.24, 2.45) is 0 Å². The second-order valence-electron chi connectivity index (χ2n) is 4.96. The minimum atomic E-state index is -4.55. The molecule has 0 aliphatic heterocycles. The van der Waals surface area contributed by atoms with E-state index in [0.29, 0.717) is 11.3 Å². The highest BCUT2D eigenvalue weighted by molar-refractivity contribution is 6.04. The molecule has 0 radical (unpaired) electrons. The number of amides is 1. The number of carbonyl (C=O) groups excluding carboxylic acids is 1. The fourth-order valence-corrected chi connectivity index (χ4v) is 2.22. The first-order valence-electron chi connectivity index (χ1n) is 7.00. The summed E-state index contributed by atoms with van der Waals surface area (Å²) in [6.07, 6.45) is -4.55. The number of carbonyl (C=O) groups is 1. The summed E-state index contributed by atoms with van der Waals surface area (Å²) in [4.78, 5) is 12.3. The third-order valence-corrected chi connectivity index (χ3v) is 3.32. The summed E-state index contributed by atoms with van der Waals surface area (Å²) in [5.41, 5.74) is -0.361. The number of benzene rings is 2. The van der Waals surface area contributed by atoms with Crippen LogP contribution in [0, 0.1) is 0 Å². The molecule has 0 aliphatic carbocycles. The molecule has 0 bridgehead atoms. The van der Waals surface area contributed by atoms with E-state index in [2.05, 4.69) is 5.32 Å².